The molecule has 3 N–H and O–H groups in total. The molecule has 0 radical (unpaired) electrons. The Kier molecular flexibility index (Phi) is 11.5. The van der Waals surface area contributed by atoms with Gasteiger partial charge in [-0.05, 0) is 44.2 Å². The van der Waals surface area contributed by atoms with Gasteiger partial charge >= 0.3 is 0 Å². The van der Waals surface area contributed by atoms with E-state index >= 15 is 0 Å². The lowest BCUT2D eigenvalue weighted by molar-refractivity contribution is 0.131. The van der Waals surface area contributed by atoms with Crippen LogP contribution in [0.5, 0.6) is 0 Å². The average molecular weight is 496 g/mol. The van der Waals surface area contributed by atoms with E-state index in [9.17, 15) is 5.11 Å². The van der Waals surface area contributed by atoms with Gasteiger partial charge in [-0.1, -0.05) is 29.8 Å². The molecule has 1 atom stereocenters. The maximum absolute atomic E-state index is 9.32. The summed E-state index contributed by atoms with van der Waals surface area (Å²) in [5.74, 6) is 0.825. The zero-order valence-electron chi connectivity index (χ0n) is 15.5. The van der Waals surface area contributed by atoms with E-state index < -0.39 is 0 Å². The minimum atomic E-state index is -0.0192. The lowest BCUT2D eigenvalue weighted by atomic mass is 9.84. The third-order valence-corrected chi connectivity index (χ3v) is 4.99. The van der Waals surface area contributed by atoms with Gasteiger partial charge in [-0.3, -0.25) is 4.99 Å². The second kappa shape index (κ2) is 12.8. The summed E-state index contributed by atoms with van der Waals surface area (Å²) in [6.07, 6.45) is 3.62. The van der Waals surface area contributed by atoms with Crippen LogP contribution in [0.1, 0.15) is 31.7 Å². The number of ether oxygens (including phenoxy) is 1. The fourth-order valence-corrected chi connectivity index (χ4v) is 3.29. The highest BCUT2D eigenvalue weighted by Gasteiger charge is 2.34. The average Bonchev–Trinajstić information content (AvgIpc) is 3.07. The van der Waals surface area contributed by atoms with Gasteiger partial charge in [0.25, 0.3) is 0 Å². The topological polar surface area (TPSA) is 65.9 Å². The van der Waals surface area contributed by atoms with E-state index in [1.54, 1.807) is 0 Å². The van der Waals surface area contributed by atoms with Gasteiger partial charge in [-0.25, -0.2) is 0 Å². The third kappa shape index (κ3) is 7.58. The van der Waals surface area contributed by atoms with Crippen molar-refractivity contribution in [3.63, 3.8) is 0 Å². The summed E-state index contributed by atoms with van der Waals surface area (Å²) < 4.78 is 5.53. The number of hydrogen-bond acceptors (Lipinski definition) is 3. The molecule has 1 fully saturated rings. The molecule has 1 aromatic carbocycles. The Morgan fingerprint density at radius 2 is 2.15 bits per heavy atom. The van der Waals surface area contributed by atoms with Gasteiger partial charge in [-0.15, -0.1) is 24.0 Å². The van der Waals surface area contributed by atoms with Crippen molar-refractivity contribution in [2.45, 2.75) is 32.6 Å². The van der Waals surface area contributed by atoms with E-state index in [1.165, 1.54) is 5.56 Å². The van der Waals surface area contributed by atoms with Crippen molar-refractivity contribution in [2.24, 2.45) is 10.4 Å². The Morgan fingerprint density at radius 1 is 1.35 bits per heavy atom. The van der Waals surface area contributed by atoms with Gasteiger partial charge in [0.05, 0.1) is 13.2 Å². The molecule has 1 aliphatic rings. The summed E-state index contributed by atoms with van der Waals surface area (Å²) in [7, 11) is 0. The van der Waals surface area contributed by atoms with Crippen LogP contribution in [0.2, 0.25) is 5.02 Å². The largest absolute Gasteiger partial charge is 0.396 e. The first-order valence-electron chi connectivity index (χ1n) is 9.13. The second-order valence-electron chi connectivity index (χ2n) is 6.59. The van der Waals surface area contributed by atoms with Crippen molar-refractivity contribution in [1.29, 1.82) is 0 Å². The van der Waals surface area contributed by atoms with Crippen LogP contribution in [-0.2, 0) is 11.2 Å². The molecule has 0 aromatic heterocycles. The van der Waals surface area contributed by atoms with Crippen LogP contribution < -0.4 is 10.6 Å². The van der Waals surface area contributed by atoms with Crippen molar-refractivity contribution < 1.29 is 9.84 Å². The summed E-state index contributed by atoms with van der Waals surface area (Å²) in [6, 6.07) is 7.97. The van der Waals surface area contributed by atoms with Crippen LogP contribution in [0.25, 0.3) is 0 Å². The highest BCUT2D eigenvalue weighted by atomic mass is 127. The molecule has 1 aliphatic heterocycles. The van der Waals surface area contributed by atoms with Crippen LogP contribution in [0.4, 0.5) is 0 Å². The third-order valence-electron chi connectivity index (χ3n) is 4.62. The highest BCUT2D eigenvalue weighted by Crippen LogP contribution is 2.32. The van der Waals surface area contributed by atoms with Crippen molar-refractivity contribution in [1.82, 2.24) is 10.6 Å². The lowest BCUT2D eigenvalue weighted by Crippen LogP contribution is -2.39. The van der Waals surface area contributed by atoms with E-state index in [4.69, 9.17) is 21.3 Å². The summed E-state index contributed by atoms with van der Waals surface area (Å²) in [5, 5.41) is 16.8. The molecule has 2 rings (SSSR count). The number of aliphatic hydroxyl groups excluding tert-OH is 1. The molecule has 26 heavy (non-hydrogen) atoms. The molecule has 7 heteroatoms. The van der Waals surface area contributed by atoms with E-state index in [0.29, 0.717) is 13.2 Å². The van der Waals surface area contributed by atoms with Crippen LogP contribution in [-0.4, -0.2) is 50.5 Å². The summed E-state index contributed by atoms with van der Waals surface area (Å²) in [4.78, 5) is 4.73. The van der Waals surface area contributed by atoms with Gasteiger partial charge in [0.2, 0.25) is 0 Å². The van der Waals surface area contributed by atoms with Crippen LogP contribution >= 0.6 is 35.6 Å². The van der Waals surface area contributed by atoms with Crippen molar-refractivity contribution in [3.05, 3.63) is 34.9 Å². The number of rotatable bonds is 9. The molecule has 1 unspecified atom stereocenters. The first-order chi connectivity index (χ1) is 12.2. The number of nitrogens with zero attached hydrogens (tertiary/aromatic N) is 1. The number of halogens is 2. The Hall–Kier alpha value is -0.570. The van der Waals surface area contributed by atoms with Gasteiger partial charge in [0.1, 0.15) is 0 Å². The number of hydrogen-bond donors (Lipinski definition) is 3. The number of guanidine groups is 1. The minimum absolute atomic E-state index is 0. The second-order valence-corrected chi connectivity index (χ2v) is 7.00. The number of aryl methyl sites for hydroxylation is 1. The lowest BCUT2D eigenvalue weighted by Gasteiger charge is -2.24. The predicted octanol–water partition coefficient (Wildman–Crippen LogP) is 3.23. The Labute approximate surface area is 179 Å². The maximum atomic E-state index is 9.32. The summed E-state index contributed by atoms with van der Waals surface area (Å²) in [5.41, 5.74) is 1.16. The molecule has 5 nitrogen and oxygen atoms in total. The van der Waals surface area contributed by atoms with Crippen molar-refractivity contribution in [2.75, 3.05) is 39.5 Å². The maximum Gasteiger partial charge on any atom is 0.191 e. The first-order valence-corrected chi connectivity index (χ1v) is 9.51. The number of benzene rings is 1. The number of aliphatic hydroxyl groups is 1. The molecule has 0 spiro atoms. The molecule has 0 aliphatic carbocycles. The zero-order chi connectivity index (χ0) is 18.0. The molecule has 1 saturated heterocycles. The van der Waals surface area contributed by atoms with Crippen LogP contribution in [0.3, 0.4) is 0 Å². The normalized spacial score (nSPS) is 19.9. The monoisotopic (exact) mass is 495 g/mol. The van der Waals surface area contributed by atoms with Crippen LogP contribution in [0, 0.1) is 5.41 Å². The fourth-order valence-electron chi connectivity index (χ4n) is 3.06. The first kappa shape index (κ1) is 23.5. The quantitative estimate of drug-likeness (QED) is 0.213. The Balaban J connectivity index is 0.00000338. The van der Waals surface area contributed by atoms with Crippen LogP contribution in [0.15, 0.2) is 29.3 Å². The van der Waals surface area contributed by atoms with E-state index in [-0.39, 0.29) is 36.0 Å². The molecular formula is C19H31ClIN3O2. The summed E-state index contributed by atoms with van der Waals surface area (Å²) >= 11 is 6.19. The Bertz CT molecular complexity index is 551. The number of aliphatic imine (C=N–C) groups is 1. The van der Waals surface area contributed by atoms with Gasteiger partial charge in [0, 0.05) is 36.7 Å². The van der Waals surface area contributed by atoms with Crippen molar-refractivity contribution in [3.8, 4) is 0 Å². The van der Waals surface area contributed by atoms with E-state index in [1.807, 2.05) is 18.2 Å². The highest BCUT2D eigenvalue weighted by molar-refractivity contribution is 14.0. The van der Waals surface area contributed by atoms with Gasteiger partial charge in [0.15, 0.2) is 5.96 Å². The molecule has 0 amide bonds. The van der Waals surface area contributed by atoms with E-state index in [0.717, 1.165) is 56.4 Å². The fraction of sp³-hybridized carbons (Fsp3) is 0.632. The SMILES string of the molecule is CCNC(=NCC1(CCO)CCOC1)NCCCc1ccccc1Cl.I. The smallest absolute Gasteiger partial charge is 0.191 e. The minimum Gasteiger partial charge on any atom is -0.396 e. The number of nitrogens with one attached hydrogen (secondary N) is 2. The van der Waals surface area contributed by atoms with Gasteiger partial charge < -0.3 is 20.5 Å². The predicted molar refractivity (Wildman–Crippen MR) is 119 cm³/mol. The molecule has 1 heterocycles. The Morgan fingerprint density at radius 3 is 2.81 bits per heavy atom. The molecular weight excluding hydrogens is 465 g/mol. The molecule has 0 saturated carbocycles. The van der Waals surface area contributed by atoms with Gasteiger partial charge in [-0.2, -0.15) is 0 Å². The van der Waals surface area contributed by atoms with Crippen molar-refractivity contribution >= 4 is 41.5 Å². The standard InChI is InChI=1S/C19H30ClN3O2.HI/c1-2-21-18(23-14-19(9-12-24)10-13-25-15-19)22-11-5-7-16-6-3-4-8-17(16)20;/h3-4,6,8,24H,2,5,7,9-15H2,1H3,(H2,21,22,23);1H. The summed E-state index contributed by atoms with van der Waals surface area (Å²) in [6.45, 7) is 6.01. The molecule has 1 aromatic rings. The van der Waals surface area contributed by atoms with E-state index in [2.05, 4.69) is 23.6 Å². The molecule has 0 bridgehead atoms. The molecule has 148 valence electrons. The zero-order valence-corrected chi connectivity index (χ0v) is 18.6.